The maximum atomic E-state index is 4.22. The van der Waals surface area contributed by atoms with Crippen LogP contribution >= 0.6 is 0 Å². The van der Waals surface area contributed by atoms with E-state index in [1.165, 1.54) is 5.56 Å². The van der Waals surface area contributed by atoms with Crippen LogP contribution in [0.15, 0.2) is 41.7 Å². The number of hydrogen-bond donors (Lipinski definition) is 2. The first kappa shape index (κ1) is 17.9. The molecule has 2 N–H and O–H groups in total. The van der Waals surface area contributed by atoms with Crippen LogP contribution in [0.2, 0.25) is 0 Å². The number of rotatable bonds is 8. The second-order valence-electron chi connectivity index (χ2n) is 5.73. The van der Waals surface area contributed by atoms with E-state index >= 15 is 0 Å². The summed E-state index contributed by atoms with van der Waals surface area (Å²) in [7, 11) is 5.80. The van der Waals surface area contributed by atoms with Crippen LogP contribution in [-0.4, -0.2) is 52.8 Å². The normalized spacial score (nSPS) is 11.8. The highest BCUT2D eigenvalue weighted by Gasteiger charge is 2.03. The molecule has 0 unspecified atom stereocenters. The number of aliphatic imine (C=N–C) groups is 1. The average Bonchev–Trinajstić information content (AvgIpc) is 3.00. The number of aryl methyl sites for hydroxylation is 1. The lowest BCUT2D eigenvalue weighted by atomic mass is 10.2. The van der Waals surface area contributed by atoms with Gasteiger partial charge in [0.15, 0.2) is 5.96 Å². The number of nitrogens with one attached hydrogen (secondary N) is 2. The highest BCUT2D eigenvalue weighted by molar-refractivity contribution is 5.79. The van der Waals surface area contributed by atoms with Gasteiger partial charge in [0.2, 0.25) is 0 Å². The summed E-state index contributed by atoms with van der Waals surface area (Å²) >= 11 is 0. The molecule has 7 heteroatoms. The smallest absolute Gasteiger partial charge is 0.191 e. The number of hydrogen-bond acceptors (Lipinski definition) is 4. The summed E-state index contributed by atoms with van der Waals surface area (Å²) in [6.07, 6.45) is 2.60. The summed E-state index contributed by atoms with van der Waals surface area (Å²) in [5.41, 5.74) is 1.34. The Kier molecular flexibility index (Phi) is 7.22. The molecule has 0 aliphatic rings. The Morgan fingerprint density at radius 2 is 2.04 bits per heavy atom. The van der Waals surface area contributed by atoms with Crippen LogP contribution in [0.1, 0.15) is 17.8 Å². The van der Waals surface area contributed by atoms with E-state index in [1.54, 1.807) is 18.1 Å². The van der Waals surface area contributed by atoms with Crippen molar-refractivity contribution < 1.29 is 0 Å². The van der Waals surface area contributed by atoms with Gasteiger partial charge in [-0.1, -0.05) is 30.3 Å². The van der Waals surface area contributed by atoms with Gasteiger partial charge in [-0.25, -0.2) is 4.98 Å². The molecule has 0 saturated heterocycles. The van der Waals surface area contributed by atoms with Gasteiger partial charge in [0.1, 0.15) is 12.2 Å². The monoisotopic (exact) mass is 329 g/mol. The van der Waals surface area contributed by atoms with E-state index in [-0.39, 0.29) is 0 Å². The largest absolute Gasteiger partial charge is 0.356 e. The zero-order chi connectivity index (χ0) is 17.2. The highest BCUT2D eigenvalue weighted by atomic mass is 15.3. The number of aromatic nitrogens is 3. The predicted octanol–water partition coefficient (Wildman–Crippen LogP) is 1.00. The Morgan fingerprint density at radius 3 is 2.71 bits per heavy atom. The van der Waals surface area contributed by atoms with E-state index in [1.807, 2.05) is 13.1 Å². The molecule has 2 rings (SSSR count). The van der Waals surface area contributed by atoms with Crippen molar-refractivity contribution in [3.63, 3.8) is 0 Å². The molecule has 0 radical (unpaired) electrons. The van der Waals surface area contributed by atoms with E-state index in [4.69, 9.17) is 0 Å². The third-order valence-electron chi connectivity index (χ3n) is 3.75. The lowest BCUT2D eigenvalue weighted by Crippen LogP contribution is -2.38. The van der Waals surface area contributed by atoms with Gasteiger partial charge >= 0.3 is 0 Å². The fraction of sp³-hybridized carbons (Fsp3) is 0.471. The number of guanidine groups is 1. The van der Waals surface area contributed by atoms with Gasteiger partial charge in [-0.2, -0.15) is 5.10 Å². The predicted molar refractivity (Wildman–Crippen MR) is 96.6 cm³/mol. The van der Waals surface area contributed by atoms with Crippen molar-refractivity contribution in [2.24, 2.45) is 12.0 Å². The third-order valence-corrected chi connectivity index (χ3v) is 3.75. The minimum Gasteiger partial charge on any atom is -0.356 e. The molecule has 0 bridgehead atoms. The van der Waals surface area contributed by atoms with E-state index < -0.39 is 0 Å². The molecule has 7 nitrogen and oxygen atoms in total. The van der Waals surface area contributed by atoms with Crippen LogP contribution < -0.4 is 10.6 Å². The van der Waals surface area contributed by atoms with Crippen LogP contribution in [0.4, 0.5) is 0 Å². The van der Waals surface area contributed by atoms with Gasteiger partial charge in [-0.05, 0) is 25.6 Å². The molecule has 0 atom stereocenters. The minimum atomic E-state index is 0.601. The molecular weight excluding hydrogens is 302 g/mol. The molecule has 0 aliphatic heterocycles. The second kappa shape index (κ2) is 9.67. The molecule has 130 valence electrons. The standard InChI is InChI=1S/C17H27N7/c1-18-17(20-12-16-21-14-22-24(16)3)19-10-7-11-23(2)13-15-8-5-4-6-9-15/h4-6,8-9,14H,7,10-13H2,1-3H3,(H2,18,19,20). The van der Waals surface area contributed by atoms with Crippen LogP contribution in [-0.2, 0) is 20.1 Å². The number of benzene rings is 1. The first-order valence-electron chi connectivity index (χ1n) is 8.19. The van der Waals surface area contributed by atoms with Crippen LogP contribution in [0.5, 0.6) is 0 Å². The SMILES string of the molecule is CN=C(NCCCN(C)Cc1ccccc1)NCc1ncnn1C. The summed E-state index contributed by atoms with van der Waals surface area (Å²) in [6.45, 7) is 3.48. The quantitative estimate of drug-likeness (QED) is 0.430. The van der Waals surface area contributed by atoms with Crippen LogP contribution in [0.3, 0.4) is 0 Å². The molecule has 24 heavy (non-hydrogen) atoms. The molecular formula is C17H27N7. The Morgan fingerprint density at radius 1 is 1.25 bits per heavy atom. The Bertz CT molecular complexity index is 621. The zero-order valence-corrected chi connectivity index (χ0v) is 14.7. The van der Waals surface area contributed by atoms with Crippen molar-refractivity contribution in [3.05, 3.63) is 48.0 Å². The zero-order valence-electron chi connectivity index (χ0n) is 14.7. The van der Waals surface area contributed by atoms with Gasteiger partial charge in [0.05, 0.1) is 6.54 Å². The lowest BCUT2D eigenvalue weighted by molar-refractivity contribution is 0.322. The van der Waals surface area contributed by atoms with E-state index in [9.17, 15) is 0 Å². The summed E-state index contributed by atoms with van der Waals surface area (Å²) in [5, 5.41) is 10.6. The van der Waals surface area contributed by atoms with Gasteiger partial charge in [-0.3, -0.25) is 9.67 Å². The molecule has 1 aromatic carbocycles. The summed E-state index contributed by atoms with van der Waals surface area (Å²) < 4.78 is 1.75. The molecule has 0 saturated carbocycles. The van der Waals surface area contributed by atoms with E-state index in [0.717, 1.165) is 37.8 Å². The van der Waals surface area contributed by atoms with E-state index in [2.05, 4.69) is 61.9 Å². The van der Waals surface area contributed by atoms with Crippen LogP contribution in [0, 0.1) is 0 Å². The van der Waals surface area contributed by atoms with Crippen molar-refractivity contribution >= 4 is 5.96 Å². The van der Waals surface area contributed by atoms with Crippen molar-refractivity contribution in [1.82, 2.24) is 30.3 Å². The number of nitrogens with zero attached hydrogens (tertiary/aromatic N) is 5. The van der Waals surface area contributed by atoms with Gasteiger partial charge in [-0.15, -0.1) is 0 Å². The van der Waals surface area contributed by atoms with Gasteiger partial charge in [0.25, 0.3) is 0 Å². The fourth-order valence-corrected chi connectivity index (χ4v) is 2.39. The lowest BCUT2D eigenvalue weighted by Gasteiger charge is -2.17. The van der Waals surface area contributed by atoms with Crippen molar-refractivity contribution in [1.29, 1.82) is 0 Å². The first-order chi connectivity index (χ1) is 11.7. The van der Waals surface area contributed by atoms with Crippen molar-refractivity contribution in [2.75, 3.05) is 27.2 Å². The topological polar surface area (TPSA) is 70.4 Å². The molecule has 2 aromatic rings. The highest BCUT2D eigenvalue weighted by Crippen LogP contribution is 2.02. The summed E-state index contributed by atoms with van der Waals surface area (Å²) in [5.74, 6) is 1.66. The van der Waals surface area contributed by atoms with Gasteiger partial charge < -0.3 is 15.5 Å². The fourth-order valence-electron chi connectivity index (χ4n) is 2.39. The minimum absolute atomic E-state index is 0.601. The average molecular weight is 329 g/mol. The third kappa shape index (κ3) is 6.00. The Labute approximate surface area is 143 Å². The first-order valence-corrected chi connectivity index (χ1v) is 8.19. The molecule has 0 fully saturated rings. The van der Waals surface area contributed by atoms with Crippen molar-refractivity contribution in [3.8, 4) is 0 Å². The molecule has 1 aromatic heterocycles. The summed E-state index contributed by atoms with van der Waals surface area (Å²) in [6, 6.07) is 10.5. The van der Waals surface area contributed by atoms with Crippen LogP contribution in [0.25, 0.3) is 0 Å². The maximum Gasteiger partial charge on any atom is 0.191 e. The van der Waals surface area contributed by atoms with Crippen molar-refractivity contribution in [2.45, 2.75) is 19.5 Å². The Balaban J connectivity index is 1.62. The van der Waals surface area contributed by atoms with E-state index in [0.29, 0.717) is 6.54 Å². The van der Waals surface area contributed by atoms with Gasteiger partial charge in [0, 0.05) is 27.2 Å². The molecule has 1 heterocycles. The Hall–Kier alpha value is -2.41. The summed E-state index contributed by atoms with van der Waals surface area (Å²) in [4.78, 5) is 10.7. The second-order valence-corrected chi connectivity index (χ2v) is 5.73. The molecule has 0 aliphatic carbocycles. The molecule has 0 spiro atoms. The maximum absolute atomic E-state index is 4.22. The molecule has 0 amide bonds.